The maximum Gasteiger partial charge on any atom is 0.282 e. The molecule has 0 spiro atoms. The van der Waals surface area contributed by atoms with Crippen LogP contribution < -0.4 is 0 Å². The minimum absolute atomic E-state index is 0.00735. The lowest BCUT2D eigenvalue weighted by Gasteiger charge is -2.23. The van der Waals surface area contributed by atoms with E-state index >= 15 is 0 Å². The molecule has 3 aliphatic rings. The number of ether oxygens (including phenoxy) is 1. The van der Waals surface area contributed by atoms with E-state index in [1.54, 1.807) is 11.3 Å². The molecule has 25 heavy (non-hydrogen) atoms. The van der Waals surface area contributed by atoms with Crippen molar-refractivity contribution in [1.82, 2.24) is 14.8 Å². The largest absolute Gasteiger partial charge is 0.381 e. The second kappa shape index (κ2) is 7.41. The van der Waals surface area contributed by atoms with Crippen molar-refractivity contribution in [2.75, 3.05) is 39.4 Å². The highest BCUT2D eigenvalue weighted by Crippen LogP contribution is 2.27. The van der Waals surface area contributed by atoms with E-state index in [2.05, 4.69) is 4.98 Å². The van der Waals surface area contributed by atoms with Crippen molar-refractivity contribution in [2.24, 2.45) is 5.92 Å². The van der Waals surface area contributed by atoms with Crippen molar-refractivity contribution in [1.29, 1.82) is 0 Å². The number of fused-ring (bicyclic) bond motifs is 1. The van der Waals surface area contributed by atoms with Gasteiger partial charge in [0.05, 0.1) is 18.2 Å². The van der Waals surface area contributed by atoms with E-state index in [1.165, 1.54) is 17.7 Å². The number of aromatic nitrogens is 1. The van der Waals surface area contributed by atoms with Crippen LogP contribution in [0.3, 0.4) is 0 Å². The molecule has 1 unspecified atom stereocenters. The average molecular weight is 363 g/mol. The predicted octanol–water partition coefficient (Wildman–Crippen LogP) is 1.73. The molecule has 0 saturated carbocycles. The summed E-state index contributed by atoms with van der Waals surface area (Å²) in [5, 5.41) is 0.635. The number of rotatable bonds is 2. The zero-order valence-electron chi connectivity index (χ0n) is 14.5. The Morgan fingerprint density at radius 1 is 1.04 bits per heavy atom. The summed E-state index contributed by atoms with van der Waals surface area (Å²) in [5.74, 6) is 0.238. The first-order valence-electron chi connectivity index (χ1n) is 9.37. The summed E-state index contributed by atoms with van der Waals surface area (Å²) in [4.78, 5) is 35.1. The molecule has 0 radical (unpaired) electrons. The smallest absolute Gasteiger partial charge is 0.282 e. The van der Waals surface area contributed by atoms with Gasteiger partial charge in [0.1, 0.15) is 0 Å². The maximum atomic E-state index is 12.9. The SMILES string of the molecule is O=C(c1nc2c(s1)CCCC2)N1CCCN(C(=O)C2CCOC2)CC1. The number of amides is 2. The lowest BCUT2D eigenvalue weighted by molar-refractivity contribution is -0.135. The van der Waals surface area contributed by atoms with Crippen molar-refractivity contribution in [3.8, 4) is 0 Å². The number of hydrogen-bond donors (Lipinski definition) is 0. The normalized spacial score (nSPS) is 24.1. The number of hydrogen-bond acceptors (Lipinski definition) is 5. The Balaban J connectivity index is 1.39. The van der Waals surface area contributed by atoms with Crippen LogP contribution in [0.1, 0.15) is 46.1 Å². The van der Waals surface area contributed by atoms with Gasteiger partial charge in [-0.3, -0.25) is 9.59 Å². The van der Waals surface area contributed by atoms with Crippen LogP contribution in [0.25, 0.3) is 0 Å². The summed E-state index contributed by atoms with van der Waals surface area (Å²) in [7, 11) is 0. The number of aryl methyl sites for hydroxylation is 2. The van der Waals surface area contributed by atoms with Crippen molar-refractivity contribution >= 4 is 23.2 Å². The number of nitrogens with zero attached hydrogens (tertiary/aromatic N) is 3. The number of thiazole rings is 1. The van der Waals surface area contributed by atoms with Crippen LogP contribution in [0.15, 0.2) is 0 Å². The van der Waals surface area contributed by atoms with Gasteiger partial charge in [-0.25, -0.2) is 4.98 Å². The van der Waals surface area contributed by atoms with E-state index in [1.807, 2.05) is 9.80 Å². The summed E-state index contributed by atoms with van der Waals surface area (Å²) in [6.45, 7) is 3.88. The van der Waals surface area contributed by atoms with E-state index in [-0.39, 0.29) is 17.7 Å². The van der Waals surface area contributed by atoms with Crippen LogP contribution in [-0.2, 0) is 22.4 Å². The number of carbonyl (C=O) groups excluding carboxylic acids is 2. The first-order chi connectivity index (χ1) is 12.2. The lowest BCUT2D eigenvalue weighted by atomic mass is 10.0. The Morgan fingerprint density at radius 2 is 1.84 bits per heavy atom. The molecule has 4 rings (SSSR count). The Hall–Kier alpha value is -1.47. The van der Waals surface area contributed by atoms with Crippen molar-refractivity contribution < 1.29 is 14.3 Å². The molecule has 3 heterocycles. The van der Waals surface area contributed by atoms with E-state index in [0.717, 1.165) is 37.9 Å². The molecular formula is C18H25N3O3S. The molecule has 2 fully saturated rings. The van der Waals surface area contributed by atoms with Crippen LogP contribution >= 0.6 is 11.3 Å². The topological polar surface area (TPSA) is 62.7 Å². The molecular weight excluding hydrogens is 338 g/mol. The third-order valence-electron chi connectivity index (χ3n) is 5.40. The molecule has 1 atom stereocenters. The van der Waals surface area contributed by atoms with Gasteiger partial charge in [-0.15, -0.1) is 11.3 Å². The van der Waals surface area contributed by atoms with Crippen molar-refractivity contribution in [2.45, 2.75) is 38.5 Å². The highest BCUT2D eigenvalue weighted by Gasteiger charge is 2.31. The van der Waals surface area contributed by atoms with E-state index in [4.69, 9.17) is 4.74 Å². The molecule has 0 bridgehead atoms. The predicted molar refractivity (Wildman–Crippen MR) is 94.8 cm³/mol. The molecule has 1 aromatic heterocycles. The van der Waals surface area contributed by atoms with Crippen LogP contribution in [0.2, 0.25) is 0 Å². The molecule has 7 heteroatoms. The third kappa shape index (κ3) is 3.58. The van der Waals surface area contributed by atoms with Gasteiger partial charge in [-0.05, 0) is 38.5 Å². The summed E-state index contributed by atoms with van der Waals surface area (Å²) >= 11 is 1.57. The molecule has 0 N–H and O–H groups in total. The van der Waals surface area contributed by atoms with E-state index < -0.39 is 0 Å². The fourth-order valence-electron chi connectivity index (χ4n) is 3.91. The fraction of sp³-hybridized carbons (Fsp3) is 0.722. The minimum atomic E-state index is 0.00735. The van der Waals surface area contributed by atoms with Gasteiger partial charge < -0.3 is 14.5 Å². The zero-order valence-corrected chi connectivity index (χ0v) is 15.4. The van der Waals surface area contributed by atoms with Gasteiger partial charge in [0.25, 0.3) is 5.91 Å². The summed E-state index contributed by atoms with van der Waals surface area (Å²) in [6.07, 6.45) is 6.10. The average Bonchev–Trinajstić information content (AvgIpc) is 3.25. The summed E-state index contributed by atoms with van der Waals surface area (Å²) in [6, 6.07) is 0. The molecule has 6 nitrogen and oxygen atoms in total. The van der Waals surface area contributed by atoms with Crippen molar-refractivity contribution in [3.05, 3.63) is 15.6 Å². The second-order valence-electron chi connectivity index (χ2n) is 7.13. The summed E-state index contributed by atoms with van der Waals surface area (Å²) < 4.78 is 5.34. The van der Waals surface area contributed by atoms with Gasteiger partial charge in [0, 0.05) is 37.7 Å². The molecule has 0 aromatic carbocycles. The Bertz CT molecular complexity index is 630. The van der Waals surface area contributed by atoms with E-state index in [0.29, 0.717) is 37.9 Å². The highest BCUT2D eigenvalue weighted by atomic mass is 32.1. The Morgan fingerprint density at radius 3 is 2.64 bits per heavy atom. The maximum absolute atomic E-state index is 12.9. The third-order valence-corrected chi connectivity index (χ3v) is 6.55. The van der Waals surface area contributed by atoms with Crippen LogP contribution in [0.5, 0.6) is 0 Å². The van der Waals surface area contributed by atoms with Crippen LogP contribution in [0, 0.1) is 5.92 Å². The van der Waals surface area contributed by atoms with Gasteiger partial charge in [0.2, 0.25) is 5.91 Å². The van der Waals surface area contributed by atoms with Crippen LogP contribution in [0.4, 0.5) is 0 Å². The number of carbonyl (C=O) groups is 2. The zero-order chi connectivity index (χ0) is 17.2. The van der Waals surface area contributed by atoms with Gasteiger partial charge in [-0.1, -0.05) is 0 Å². The standard InChI is InChI=1S/C18H25N3O3S/c22-17(13-6-11-24-12-13)20-7-3-8-21(10-9-20)18(23)16-19-14-4-1-2-5-15(14)25-16/h13H,1-12H2. The molecule has 1 aliphatic carbocycles. The minimum Gasteiger partial charge on any atom is -0.381 e. The van der Waals surface area contributed by atoms with Crippen molar-refractivity contribution in [3.63, 3.8) is 0 Å². The molecule has 2 amide bonds. The lowest BCUT2D eigenvalue weighted by Crippen LogP contribution is -2.40. The van der Waals surface area contributed by atoms with Gasteiger partial charge in [0.15, 0.2) is 5.01 Å². The van der Waals surface area contributed by atoms with Gasteiger partial charge in [-0.2, -0.15) is 0 Å². The van der Waals surface area contributed by atoms with E-state index in [9.17, 15) is 9.59 Å². The van der Waals surface area contributed by atoms with Gasteiger partial charge >= 0.3 is 0 Å². The quantitative estimate of drug-likeness (QED) is 0.803. The summed E-state index contributed by atoms with van der Waals surface area (Å²) in [5.41, 5.74) is 1.13. The first-order valence-corrected chi connectivity index (χ1v) is 10.2. The monoisotopic (exact) mass is 363 g/mol. The molecule has 2 saturated heterocycles. The Labute approximate surface area is 152 Å². The molecule has 2 aliphatic heterocycles. The Kier molecular flexibility index (Phi) is 5.03. The second-order valence-corrected chi connectivity index (χ2v) is 8.21. The highest BCUT2D eigenvalue weighted by molar-refractivity contribution is 7.13. The molecule has 1 aromatic rings. The fourth-order valence-corrected chi connectivity index (χ4v) is 5.02. The van der Waals surface area contributed by atoms with Crippen LogP contribution in [-0.4, -0.2) is 66.0 Å². The molecule has 136 valence electrons. The first kappa shape index (κ1) is 17.0.